The van der Waals surface area contributed by atoms with Crippen molar-refractivity contribution in [2.75, 3.05) is 19.7 Å². The van der Waals surface area contributed by atoms with Crippen molar-refractivity contribution in [3.63, 3.8) is 0 Å². The van der Waals surface area contributed by atoms with Crippen molar-refractivity contribution in [3.8, 4) is 5.75 Å². The fourth-order valence-corrected chi connectivity index (χ4v) is 3.10. The van der Waals surface area contributed by atoms with Crippen LogP contribution in [0.2, 0.25) is 5.02 Å². The zero-order chi connectivity index (χ0) is 16.1. The number of amides is 2. The fourth-order valence-electron chi connectivity index (χ4n) is 2.17. The van der Waals surface area contributed by atoms with Gasteiger partial charge in [0.05, 0.1) is 11.6 Å². The van der Waals surface area contributed by atoms with Crippen LogP contribution in [0.5, 0.6) is 5.75 Å². The normalized spacial score (nSPS) is 13.6. The molecule has 0 unspecified atom stereocenters. The smallest absolute Gasteiger partial charge is 0.243 e. The van der Waals surface area contributed by atoms with Crippen LogP contribution in [0.1, 0.15) is 12.0 Å². The lowest BCUT2D eigenvalue weighted by molar-refractivity contribution is -0.131. The van der Waals surface area contributed by atoms with E-state index in [1.165, 1.54) is 6.08 Å². The lowest BCUT2D eigenvalue weighted by atomic mass is 10.2. The van der Waals surface area contributed by atoms with Gasteiger partial charge in [-0.15, -0.1) is 0 Å². The molecule has 2 rings (SSSR count). The molecule has 2 amide bonds. The Hall–Kier alpha value is -1.53. The number of hydrogen-bond acceptors (Lipinski definition) is 3. The number of halogens is 2. The van der Waals surface area contributed by atoms with Crippen LogP contribution in [-0.2, 0) is 16.1 Å². The molecule has 118 valence electrons. The molecule has 0 spiro atoms. The second-order valence-corrected chi connectivity index (χ2v) is 6.11. The van der Waals surface area contributed by atoms with Gasteiger partial charge in [-0.2, -0.15) is 0 Å². The van der Waals surface area contributed by atoms with E-state index >= 15 is 0 Å². The summed E-state index contributed by atoms with van der Waals surface area (Å²) in [5.74, 6) is 0.296. The number of nitrogens with zero attached hydrogens (tertiary/aromatic N) is 1. The number of carbonyl (C=O) groups excluding carboxylic acids is 2. The molecule has 0 saturated heterocycles. The van der Waals surface area contributed by atoms with Crippen molar-refractivity contribution in [1.29, 1.82) is 0 Å². The van der Waals surface area contributed by atoms with Gasteiger partial charge in [0.15, 0.2) is 0 Å². The van der Waals surface area contributed by atoms with Crippen LogP contribution in [0.4, 0.5) is 0 Å². The van der Waals surface area contributed by atoms with Gasteiger partial charge >= 0.3 is 0 Å². The third kappa shape index (κ3) is 4.24. The average Bonchev–Trinajstić information content (AvgIpc) is 2.69. The predicted molar refractivity (Wildman–Crippen MR) is 87.9 cm³/mol. The minimum atomic E-state index is -0.284. The molecule has 1 aromatic rings. The summed E-state index contributed by atoms with van der Waals surface area (Å²) in [6.45, 7) is 4.95. The number of hydrogen-bond donors (Lipinski definition) is 1. The number of fused-ring (bicyclic) bond motifs is 1. The van der Waals surface area contributed by atoms with Crippen LogP contribution >= 0.6 is 27.5 Å². The summed E-state index contributed by atoms with van der Waals surface area (Å²) in [5, 5.41) is 3.12. The maximum absolute atomic E-state index is 12.2. The highest BCUT2D eigenvalue weighted by Crippen LogP contribution is 2.34. The number of rotatable bonds is 4. The SMILES string of the molecule is C=CC(=O)NCCC(=O)N1CCOc2c(Cl)cc(Br)cc2C1. The standard InChI is InChI=1S/C15H16BrClN2O3/c1-2-13(20)18-4-3-14(21)19-5-6-22-15-10(9-19)7-11(16)8-12(15)17/h2,7-8H,1,3-6,9H2,(H,18,20). The van der Waals surface area contributed by atoms with E-state index in [2.05, 4.69) is 27.8 Å². The second-order valence-electron chi connectivity index (χ2n) is 4.78. The first-order valence-electron chi connectivity index (χ1n) is 6.80. The van der Waals surface area contributed by atoms with Gasteiger partial charge < -0.3 is 15.0 Å². The van der Waals surface area contributed by atoms with Gasteiger partial charge in [-0.05, 0) is 18.2 Å². The molecule has 1 aromatic carbocycles. The average molecular weight is 388 g/mol. The summed E-state index contributed by atoms with van der Waals surface area (Å²) in [5.41, 5.74) is 0.861. The van der Waals surface area contributed by atoms with Crippen molar-refractivity contribution in [2.45, 2.75) is 13.0 Å². The number of benzene rings is 1. The van der Waals surface area contributed by atoms with E-state index in [-0.39, 0.29) is 24.8 Å². The minimum Gasteiger partial charge on any atom is -0.490 e. The molecule has 1 heterocycles. The third-order valence-electron chi connectivity index (χ3n) is 3.23. The first-order chi connectivity index (χ1) is 10.5. The van der Waals surface area contributed by atoms with Crippen molar-refractivity contribution in [1.82, 2.24) is 10.2 Å². The van der Waals surface area contributed by atoms with Gasteiger partial charge in [0.25, 0.3) is 0 Å². The van der Waals surface area contributed by atoms with Crippen LogP contribution in [0.25, 0.3) is 0 Å². The predicted octanol–water partition coefficient (Wildman–Crippen LogP) is 2.52. The van der Waals surface area contributed by atoms with Crippen LogP contribution in [0, 0.1) is 0 Å². The maximum atomic E-state index is 12.2. The monoisotopic (exact) mass is 386 g/mol. The van der Waals surface area contributed by atoms with E-state index < -0.39 is 0 Å². The third-order valence-corrected chi connectivity index (χ3v) is 3.97. The van der Waals surface area contributed by atoms with Crippen molar-refractivity contribution < 1.29 is 14.3 Å². The quantitative estimate of drug-likeness (QED) is 0.808. The minimum absolute atomic E-state index is 0.0445. The largest absolute Gasteiger partial charge is 0.490 e. The Bertz CT molecular complexity index is 607. The zero-order valence-electron chi connectivity index (χ0n) is 11.9. The molecule has 5 nitrogen and oxygen atoms in total. The van der Waals surface area contributed by atoms with Crippen molar-refractivity contribution in [3.05, 3.63) is 39.8 Å². The molecule has 0 aromatic heterocycles. The first-order valence-corrected chi connectivity index (χ1v) is 7.97. The summed E-state index contributed by atoms with van der Waals surface area (Å²) in [6, 6.07) is 3.66. The zero-order valence-corrected chi connectivity index (χ0v) is 14.2. The topological polar surface area (TPSA) is 58.6 Å². The van der Waals surface area contributed by atoms with Gasteiger partial charge in [-0.25, -0.2) is 0 Å². The van der Waals surface area contributed by atoms with E-state index in [1.54, 1.807) is 11.0 Å². The van der Waals surface area contributed by atoms with Gasteiger partial charge in [0.1, 0.15) is 12.4 Å². The molecule has 0 bridgehead atoms. The Morgan fingerprint density at radius 1 is 1.50 bits per heavy atom. The number of ether oxygens (including phenoxy) is 1. The van der Waals surface area contributed by atoms with Crippen LogP contribution < -0.4 is 10.1 Å². The Labute approximate surface area is 142 Å². The Morgan fingerprint density at radius 3 is 3.00 bits per heavy atom. The van der Waals surface area contributed by atoms with Gasteiger partial charge in [0, 0.05) is 29.5 Å². The number of nitrogens with one attached hydrogen (secondary N) is 1. The molecule has 0 saturated carbocycles. The second kappa shape index (κ2) is 7.65. The molecular formula is C15H16BrClN2O3. The van der Waals surface area contributed by atoms with Crippen molar-refractivity contribution >= 4 is 39.3 Å². The van der Waals surface area contributed by atoms with Gasteiger partial charge in [0.2, 0.25) is 11.8 Å². The van der Waals surface area contributed by atoms with Gasteiger partial charge in [-0.3, -0.25) is 9.59 Å². The molecule has 22 heavy (non-hydrogen) atoms. The highest BCUT2D eigenvalue weighted by molar-refractivity contribution is 9.10. The molecule has 7 heteroatoms. The molecule has 1 aliphatic heterocycles. The highest BCUT2D eigenvalue weighted by atomic mass is 79.9. The van der Waals surface area contributed by atoms with Gasteiger partial charge in [-0.1, -0.05) is 34.1 Å². The van der Waals surface area contributed by atoms with E-state index in [1.807, 2.05) is 6.07 Å². The summed E-state index contributed by atoms with van der Waals surface area (Å²) < 4.78 is 6.49. The Morgan fingerprint density at radius 2 is 2.27 bits per heavy atom. The number of carbonyl (C=O) groups is 2. The Kier molecular flexibility index (Phi) is 5.85. The van der Waals surface area contributed by atoms with E-state index in [4.69, 9.17) is 16.3 Å². The summed E-state index contributed by atoms with van der Waals surface area (Å²) in [7, 11) is 0. The first kappa shape index (κ1) is 16.8. The fraction of sp³-hybridized carbons (Fsp3) is 0.333. The van der Waals surface area contributed by atoms with E-state index in [0.29, 0.717) is 30.5 Å². The van der Waals surface area contributed by atoms with Crippen LogP contribution in [0.15, 0.2) is 29.3 Å². The maximum Gasteiger partial charge on any atom is 0.243 e. The summed E-state index contributed by atoms with van der Waals surface area (Å²) in [4.78, 5) is 25.0. The lowest BCUT2D eigenvalue weighted by Gasteiger charge is -2.20. The molecule has 1 N–H and O–H groups in total. The Balaban J connectivity index is 2.02. The summed E-state index contributed by atoms with van der Waals surface area (Å²) >= 11 is 9.56. The van der Waals surface area contributed by atoms with Crippen molar-refractivity contribution in [2.24, 2.45) is 0 Å². The van der Waals surface area contributed by atoms with E-state index in [9.17, 15) is 9.59 Å². The molecule has 1 aliphatic rings. The van der Waals surface area contributed by atoms with E-state index in [0.717, 1.165) is 10.0 Å². The lowest BCUT2D eigenvalue weighted by Crippen LogP contribution is -2.35. The summed E-state index contributed by atoms with van der Waals surface area (Å²) in [6.07, 6.45) is 1.41. The molecule has 0 atom stereocenters. The molecule has 0 aliphatic carbocycles. The molecule has 0 fully saturated rings. The van der Waals surface area contributed by atoms with Crippen LogP contribution in [0.3, 0.4) is 0 Å². The van der Waals surface area contributed by atoms with Crippen LogP contribution in [-0.4, -0.2) is 36.4 Å². The molecular weight excluding hydrogens is 372 g/mol. The molecule has 0 radical (unpaired) electrons. The highest BCUT2D eigenvalue weighted by Gasteiger charge is 2.21.